The number of hydrogen-bond donors (Lipinski definition) is 4. The van der Waals surface area contributed by atoms with Gasteiger partial charge in [0.1, 0.15) is 23.7 Å². The standard InChI is InChI=1S/C21H23N7O6S3/c1-2-34-25-13(16-24-21(22)37-26-16)17(30)23-14-18(31)28-15(20(32)33)11(10-36-19(14)28)8-27-5-3-4-12(9-27)35-7-6-29/h3-5,9,14,19,29H,2,6-8,10H2,1H3,(H3-,22,23,24,26,30,32,33)/p+1/t14?,19-/m0/s1. The van der Waals surface area contributed by atoms with Crippen molar-refractivity contribution in [2.75, 3.05) is 30.5 Å². The van der Waals surface area contributed by atoms with Crippen molar-refractivity contribution in [1.82, 2.24) is 19.6 Å². The van der Waals surface area contributed by atoms with E-state index in [0.29, 0.717) is 17.1 Å². The van der Waals surface area contributed by atoms with Crippen LogP contribution in [0.1, 0.15) is 12.7 Å². The van der Waals surface area contributed by atoms with Crippen molar-refractivity contribution in [2.24, 2.45) is 5.16 Å². The fourth-order valence-electron chi connectivity index (χ4n) is 3.72. The lowest BCUT2D eigenvalue weighted by atomic mass is 10.0. The number of aliphatic hydroxyl groups is 1. The molecule has 2 aromatic rings. The van der Waals surface area contributed by atoms with Crippen LogP contribution < -0.4 is 15.6 Å². The first-order valence-corrected chi connectivity index (χ1v) is 13.9. The zero-order valence-electron chi connectivity index (χ0n) is 19.6. The number of carbonyl (C=O) groups is 3. The number of fused-ring (bicyclic) bond motifs is 1. The van der Waals surface area contributed by atoms with Gasteiger partial charge in [-0.3, -0.25) is 14.5 Å². The Morgan fingerprint density at radius 1 is 1.46 bits per heavy atom. The van der Waals surface area contributed by atoms with Crippen molar-refractivity contribution in [3.63, 3.8) is 0 Å². The quantitative estimate of drug-likeness (QED) is 0.0918. The predicted octanol–water partition coefficient (Wildman–Crippen LogP) is -0.328. The molecular formula is C21H24N7O6S3+. The molecule has 0 saturated carbocycles. The number of carboxylic acid groups (broad SMARTS) is 1. The third kappa shape index (κ3) is 5.87. The number of hydrogen-bond acceptors (Lipinski definition) is 12. The highest BCUT2D eigenvalue weighted by Gasteiger charge is 2.54. The van der Waals surface area contributed by atoms with Gasteiger partial charge in [0.25, 0.3) is 11.8 Å². The highest BCUT2D eigenvalue weighted by Crippen LogP contribution is 2.40. The van der Waals surface area contributed by atoms with Gasteiger partial charge in [-0.05, 0) is 13.0 Å². The molecule has 0 radical (unpaired) electrons. The first kappa shape index (κ1) is 26.8. The molecule has 0 aromatic carbocycles. The number of rotatable bonds is 11. The van der Waals surface area contributed by atoms with Crippen LogP contribution in [0.3, 0.4) is 0 Å². The lowest BCUT2D eigenvalue weighted by Gasteiger charge is -2.49. The van der Waals surface area contributed by atoms with Gasteiger partial charge < -0.3 is 26.1 Å². The molecule has 4 rings (SSSR count). The van der Waals surface area contributed by atoms with Gasteiger partial charge in [-0.15, -0.1) is 23.5 Å². The molecule has 2 atom stereocenters. The molecule has 1 saturated heterocycles. The first-order chi connectivity index (χ1) is 17.8. The van der Waals surface area contributed by atoms with Crippen LogP contribution >= 0.6 is 35.1 Å². The fraction of sp³-hybridized carbons (Fsp3) is 0.381. The molecular weight excluding hydrogens is 542 g/mol. The Hall–Kier alpha value is -3.21. The van der Waals surface area contributed by atoms with Crippen molar-refractivity contribution < 1.29 is 34.0 Å². The van der Waals surface area contributed by atoms with Crippen LogP contribution in [-0.2, 0) is 25.8 Å². The number of aliphatic hydroxyl groups excluding tert-OH is 1. The van der Waals surface area contributed by atoms with Crippen molar-refractivity contribution in [1.29, 1.82) is 0 Å². The van der Waals surface area contributed by atoms with Crippen LogP contribution in [0.15, 0.2) is 45.8 Å². The number of nitrogens with zero attached hydrogens (tertiary/aromatic N) is 5. The smallest absolute Gasteiger partial charge is 0.352 e. The molecule has 1 fully saturated rings. The van der Waals surface area contributed by atoms with Crippen LogP contribution in [0.4, 0.5) is 5.13 Å². The Balaban J connectivity index is 1.51. The van der Waals surface area contributed by atoms with Gasteiger partial charge in [-0.1, -0.05) is 5.16 Å². The van der Waals surface area contributed by atoms with Gasteiger partial charge in [0.2, 0.25) is 11.5 Å². The minimum atomic E-state index is -1.22. The number of carbonyl (C=O) groups excluding carboxylic acids is 2. The molecule has 2 aliphatic heterocycles. The zero-order chi connectivity index (χ0) is 26.5. The first-order valence-electron chi connectivity index (χ1n) is 11.1. The lowest BCUT2D eigenvalue weighted by Crippen LogP contribution is -2.71. The topological polar surface area (TPSA) is 184 Å². The molecule has 0 spiro atoms. The van der Waals surface area contributed by atoms with Crippen LogP contribution in [0.25, 0.3) is 0 Å². The number of pyridine rings is 1. The van der Waals surface area contributed by atoms with E-state index in [0.717, 1.165) is 16.4 Å². The number of nitrogens with two attached hydrogens (primary N) is 1. The second-order valence-corrected chi connectivity index (χ2v) is 10.8. The number of aromatic nitrogens is 3. The number of thioether (sulfide) groups is 2. The van der Waals surface area contributed by atoms with E-state index >= 15 is 0 Å². The average Bonchev–Trinajstić information content (AvgIpc) is 3.31. The maximum absolute atomic E-state index is 13.0. The molecule has 13 nitrogen and oxygen atoms in total. The van der Waals surface area contributed by atoms with Gasteiger partial charge in [0.15, 0.2) is 24.1 Å². The fourth-order valence-corrected chi connectivity index (χ4v) is 6.21. The summed E-state index contributed by atoms with van der Waals surface area (Å²) in [6.45, 7) is 2.21. The second-order valence-electron chi connectivity index (χ2n) is 7.72. The number of nitrogen functional groups attached to an aromatic ring is 1. The van der Waals surface area contributed by atoms with Gasteiger partial charge in [-0.2, -0.15) is 13.9 Å². The number of nitrogens with one attached hydrogen (secondary N) is 1. The molecule has 37 heavy (non-hydrogen) atoms. The van der Waals surface area contributed by atoms with Crippen molar-refractivity contribution in [3.8, 4) is 0 Å². The number of oxime groups is 1. The minimum absolute atomic E-state index is 0.0295. The Morgan fingerprint density at radius 3 is 2.95 bits per heavy atom. The summed E-state index contributed by atoms with van der Waals surface area (Å²) in [5.74, 6) is -1.62. The summed E-state index contributed by atoms with van der Waals surface area (Å²) in [6.07, 6.45) is 3.68. The van der Waals surface area contributed by atoms with Crippen LogP contribution in [0.5, 0.6) is 0 Å². The number of carboxylic acids is 1. The average molecular weight is 567 g/mol. The summed E-state index contributed by atoms with van der Waals surface area (Å²) < 4.78 is 5.82. The molecule has 2 aromatic heterocycles. The summed E-state index contributed by atoms with van der Waals surface area (Å²) in [5, 5.41) is 24.9. The molecule has 5 N–H and O–H groups in total. The normalized spacial score (nSPS) is 19.4. The highest BCUT2D eigenvalue weighted by molar-refractivity contribution is 8.00. The Morgan fingerprint density at radius 2 is 2.27 bits per heavy atom. The van der Waals surface area contributed by atoms with E-state index in [1.807, 2.05) is 29.1 Å². The third-order valence-electron chi connectivity index (χ3n) is 5.25. The van der Waals surface area contributed by atoms with E-state index < -0.39 is 29.2 Å². The Bertz CT molecular complexity index is 1270. The molecule has 0 bridgehead atoms. The van der Waals surface area contributed by atoms with Crippen LogP contribution in [-0.4, -0.2) is 84.1 Å². The highest BCUT2D eigenvalue weighted by atomic mass is 32.2. The van der Waals surface area contributed by atoms with Crippen molar-refractivity contribution in [2.45, 2.75) is 29.8 Å². The largest absolute Gasteiger partial charge is 0.477 e. The lowest BCUT2D eigenvalue weighted by molar-refractivity contribution is -0.690. The predicted molar refractivity (Wildman–Crippen MR) is 137 cm³/mol. The third-order valence-corrected chi connectivity index (χ3v) is 8.10. The van der Waals surface area contributed by atoms with Crippen LogP contribution in [0.2, 0.25) is 0 Å². The number of amides is 2. The summed E-state index contributed by atoms with van der Waals surface area (Å²) in [6, 6.07) is 2.79. The number of aliphatic carboxylic acids is 1. The molecule has 4 heterocycles. The Kier molecular flexibility index (Phi) is 8.63. The number of anilines is 1. The van der Waals surface area contributed by atoms with Gasteiger partial charge in [0, 0.05) is 34.7 Å². The SMILES string of the molecule is CCON=C(C(=O)NC1C(=O)N2C(C(=O)O)=C(C[n+]3cccc(SCCO)c3)CS[C@@H]12)c1nsc(N)n1. The molecule has 2 aliphatic rings. The van der Waals surface area contributed by atoms with E-state index in [1.165, 1.54) is 28.4 Å². The monoisotopic (exact) mass is 566 g/mol. The summed E-state index contributed by atoms with van der Waals surface area (Å²) >= 11 is 3.73. The van der Waals surface area contributed by atoms with E-state index in [2.05, 4.69) is 19.8 Å². The molecule has 16 heteroatoms. The summed E-state index contributed by atoms with van der Waals surface area (Å²) in [5.41, 5.74) is 5.87. The van der Waals surface area contributed by atoms with E-state index in [-0.39, 0.29) is 42.1 Å². The molecule has 196 valence electrons. The zero-order valence-corrected chi connectivity index (χ0v) is 22.0. The van der Waals surface area contributed by atoms with Crippen LogP contribution in [0, 0.1) is 0 Å². The van der Waals surface area contributed by atoms with Crippen molar-refractivity contribution in [3.05, 3.63) is 41.6 Å². The van der Waals surface area contributed by atoms with E-state index in [9.17, 15) is 19.5 Å². The second kappa shape index (κ2) is 11.9. The van der Waals surface area contributed by atoms with E-state index in [4.69, 9.17) is 15.7 Å². The molecule has 0 aliphatic carbocycles. The molecule has 2 amide bonds. The maximum Gasteiger partial charge on any atom is 0.352 e. The Labute approximate surface area is 223 Å². The minimum Gasteiger partial charge on any atom is -0.477 e. The van der Waals surface area contributed by atoms with Gasteiger partial charge in [0.05, 0.1) is 11.5 Å². The maximum atomic E-state index is 13.0. The summed E-state index contributed by atoms with van der Waals surface area (Å²) in [7, 11) is 0. The summed E-state index contributed by atoms with van der Waals surface area (Å²) in [4.78, 5) is 49.3. The molecule has 1 unspecified atom stereocenters. The van der Waals surface area contributed by atoms with Crippen molar-refractivity contribution >= 4 is 63.7 Å². The van der Waals surface area contributed by atoms with Gasteiger partial charge >= 0.3 is 5.97 Å². The van der Waals surface area contributed by atoms with Gasteiger partial charge in [-0.25, -0.2) is 4.79 Å². The number of β-lactam (4-membered cyclic amide) rings is 1. The van der Waals surface area contributed by atoms with E-state index in [1.54, 1.807) is 6.92 Å².